The number of carbonyl (C=O) groups excluding carboxylic acids is 5. The van der Waals surface area contributed by atoms with Crippen LogP contribution >= 0.6 is 0 Å². The normalized spacial score (nSPS) is 18.3. The van der Waals surface area contributed by atoms with E-state index in [0.717, 1.165) is 48.1 Å². The monoisotopic (exact) mass is 808 g/mol. The van der Waals surface area contributed by atoms with Gasteiger partial charge in [-0.05, 0) is 88.2 Å². The lowest BCUT2D eigenvalue weighted by Gasteiger charge is -2.38. The second kappa shape index (κ2) is 23.1. The van der Waals surface area contributed by atoms with Gasteiger partial charge in [0.05, 0.1) is 18.1 Å². The minimum Gasteiger partial charge on any atom is -0.343 e. The summed E-state index contributed by atoms with van der Waals surface area (Å²) in [7, 11) is 3.40. The number of amides is 4. The van der Waals surface area contributed by atoms with E-state index >= 15 is 4.79 Å². The topological polar surface area (TPSA) is 180 Å². The molecule has 59 heavy (non-hydrogen) atoms. The van der Waals surface area contributed by atoms with Crippen LogP contribution in [0.5, 0.6) is 0 Å². The summed E-state index contributed by atoms with van der Waals surface area (Å²) in [5.74, 6) is -2.08. The number of benzene rings is 3. The molecule has 12 nitrogen and oxygen atoms in total. The zero-order chi connectivity index (χ0) is 42.1. The van der Waals surface area contributed by atoms with Gasteiger partial charge in [0.1, 0.15) is 18.1 Å². The molecule has 1 aliphatic carbocycles. The second-order valence-corrected chi connectivity index (χ2v) is 16.2. The van der Waals surface area contributed by atoms with Gasteiger partial charge in [-0.25, -0.2) is 0 Å². The number of likely N-dealkylation sites (tertiary alicyclic amines) is 1. The molecule has 2 fully saturated rings. The van der Waals surface area contributed by atoms with Crippen LogP contribution in [0.15, 0.2) is 91.0 Å². The van der Waals surface area contributed by atoms with Gasteiger partial charge in [0, 0.05) is 13.0 Å². The molecule has 4 amide bonds. The maximum absolute atomic E-state index is 15.3. The fraction of sp³-hybridized carbons (Fsp3) is 0.511. The highest BCUT2D eigenvalue weighted by Crippen LogP contribution is 2.30. The molecule has 318 valence electrons. The van der Waals surface area contributed by atoms with Crippen LogP contribution in [0.4, 0.5) is 0 Å². The van der Waals surface area contributed by atoms with Crippen LogP contribution < -0.4 is 27.4 Å². The van der Waals surface area contributed by atoms with E-state index < -0.39 is 54.0 Å². The van der Waals surface area contributed by atoms with Gasteiger partial charge in [-0.3, -0.25) is 28.9 Å². The van der Waals surface area contributed by atoms with Gasteiger partial charge < -0.3 is 32.3 Å². The number of hydrogen-bond acceptors (Lipinski definition) is 9. The quantitative estimate of drug-likeness (QED) is 0.0987. The maximum atomic E-state index is 15.3. The number of rotatable bonds is 21. The van der Waals surface area contributed by atoms with Crippen molar-refractivity contribution < 1.29 is 24.0 Å². The molecule has 0 bridgehead atoms. The molecule has 6 atom stereocenters. The molecule has 7 N–H and O–H groups in total. The highest BCUT2D eigenvalue weighted by atomic mass is 16.2. The van der Waals surface area contributed by atoms with E-state index in [2.05, 4.69) is 16.0 Å². The summed E-state index contributed by atoms with van der Waals surface area (Å²) in [6.07, 6.45) is 8.45. The fourth-order valence-electron chi connectivity index (χ4n) is 8.79. The first-order valence-corrected chi connectivity index (χ1v) is 21.6. The van der Waals surface area contributed by atoms with E-state index in [0.29, 0.717) is 57.1 Å². The molecule has 1 saturated heterocycles. The van der Waals surface area contributed by atoms with Gasteiger partial charge in [-0.15, -0.1) is 0 Å². The minimum atomic E-state index is -1.22. The lowest BCUT2D eigenvalue weighted by molar-refractivity contribution is -0.158. The van der Waals surface area contributed by atoms with Gasteiger partial charge in [0.2, 0.25) is 17.7 Å². The average Bonchev–Trinajstić information content (AvgIpc) is 3.76. The molecule has 0 spiro atoms. The highest BCUT2D eigenvalue weighted by Gasteiger charge is 2.46. The van der Waals surface area contributed by atoms with E-state index in [-0.39, 0.29) is 30.6 Å². The number of unbranched alkanes of at least 4 members (excludes halogenated alkanes) is 1. The molecule has 12 heteroatoms. The summed E-state index contributed by atoms with van der Waals surface area (Å²) in [6.45, 7) is 0.688. The molecule has 1 saturated carbocycles. The van der Waals surface area contributed by atoms with Crippen molar-refractivity contribution in [1.29, 1.82) is 0 Å². The third-order valence-corrected chi connectivity index (χ3v) is 12.1. The Balaban J connectivity index is 1.49. The van der Waals surface area contributed by atoms with Crippen molar-refractivity contribution in [2.75, 3.05) is 27.2 Å². The lowest BCUT2D eigenvalue weighted by atomic mass is 9.84. The van der Waals surface area contributed by atoms with E-state index in [1.54, 1.807) is 14.1 Å². The largest absolute Gasteiger partial charge is 0.343 e. The van der Waals surface area contributed by atoms with Gasteiger partial charge in [0.25, 0.3) is 5.91 Å². The Morgan fingerprint density at radius 2 is 1.36 bits per heavy atom. The van der Waals surface area contributed by atoms with Gasteiger partial charge in [-0.2, -0.15) is 0 Å². The molecule has 1 heterocycles. The maximum Gasteiger partial charge on any atom is 0.252 e. The number of nitrogens with two attached hydrogens (primary N) is 2. The van der Waals surface area contributed by atoms with Crippen molar-refractivity contribution >= 4 is 29.4 Å². The van der Waals surface area contributed by atoms with E-state index in [1.807, 2.05) is 91.0 Å². The Kier molecular flexibility index (Phi) is 17.8. The first-order chi connectivity index (χ1) is 28.7. The summed E-state index contributed by atoms with van der Waals surface area (Å²) in [5.41, 5.74) is 15.1. The number of likely N-dealkylation sites (N-methyl/N-ethyl adjacent to an activating group) is 2. The third kappa shape index (κ3) is 12.4. The summed E-state index contributed by atoms with van der Waals surface area (Å²) in [4.78, 5) is 76.3. The van der Waals surface area contributed by atoms with Crippen molar-refractivity contribution in [2.45, 2.75) is 120 Å². The number of imide groups is 1. The van der Waals surface area contributed by atoms with Gasteiger partial charge in [0.15, 0.2) is 5.78 Å². The van der Waals surface area contributed by atoms with Crippen molar-refractivity contribution in [3.05, 3.63) is 108 Å². The Morgan fingerprint density at radius 1 is 0.746 bits per heavy atom. The molecule has 1 unspecified atom stereocenters. The lowest BCUT2D eigenvalue weighted by Crippen LogP contribution is -2.62. The molecule has 2 aliphatic rings. The van der Waals surface area contributed by atoms with Crippen molar-refractivity contribution in [3.8, 4) is 0 Å². The van der Waals surface area contributed by atoms with Crippen molar-refractivity contribution in [3.63, 3.8) is 0 Å². The van der Waals surface area contributed by atoms with Crippen LogP contribution in [-0.4, -0.2) is 96.6 Å². The smallest absolute Gasteiger partial charge is 0.252 e. The Labute approximate surface area is 350 Å². The number of nitrogens with one attached hydrogen (secondary N) is 3. The van der Waals surface area contributed by atoms with Gasteiger partial charge >= 0.3 is 0 Å². The summed E-state index contributed by atoms with van der Waals surface area (Å²) in [5, 5.41) is 9.24. The fourth-order valence-corrected chi connectivity index (χ4v) is 8.79. The molecule has 3 aromatic carbocycles. The van der Waals surface area contributed by atoms with Crippen LogP contribution in [-0.2, 0) is 36.8 Å². The van der Waals surface area contributed by atoms with E-state index in [4.69, 9.17) is 11.5 Å². The van der Waals surface area contributed by atoms with Crippen molar-refractivity contribution in [1.82, 2.24) is 25.8 Å². The number of hydrogen-bond donors (Lipinski definition) is 5. The third-order valence-electron chi connectivity index (χ3n) is 12.1. The average molecular weight is 808 g/mol. The first kappa shape index (κ1) is 45.3. The Morgan fingerprint density at radius 3 is 1.95 bits per heavy atom. The molecule has 1 aliphatic heterocycles. The predicted octanol–water partition coefficient (Wildman–Crippen LogP) is 4.22. The Hall–Kier alpha value is -4.75. The molecular formula is C47H65N7O5. The zero-order valence-electron chi connectivity index (χ0n) is 34.9. The molecule has 5 rings (SSSR count). The molecular weight excluding hydrogens is 743 g/mol. The predicted molar refractivity (Wildman–Crippen MR) is 231 cm³/mol. The summed E-state index contributed by atoms with van der Waals surface area (Å²) < 4.78 is 0. The van der Waals surface area contributed by atoms with Gasteiger partial charge in [-0.1, -0.05) is 123 Å². The number of nitrogens with zero attached hydrogens (tertiary/aromatic N) is 2. The van der Waals surface area contributed by atoms with E-state index in [9.17, 15) is 19.2 Å². The Bertz CT molecular complexity index is 1790. The zero-order valence-corrected chi connectivity index (χ0v) is 34.9. The standard InChI is InChI=1S/C47H65N7O5/c1-50-39(31-34-20-9-4-10-21-34)44(56)52-38(26-15-16-28-48)46(58)53-29-17-27-40(53)47(59)54(45(57)37(49)30-33-18-7-3-8-19-33)41(32-35-22-11-5-12-23-35)43(55)42(51-2)36-24-13-6-14-25-36/h4-6,9-14,20-25,33,37-42,50-51H,3,7-8,15-19,26-32,48-49H2,1-2H3,(H,52,56)/t37-,38+,39+,40+,41+,42?/m1/s1. The number of ketones is 1. The number of Topliss-reactive ketones (excluding diaryl/α,β-unsaturated/α-hetero) is 1. The van der Waals surface area contributed by atoms with Crippen LogP contribution in [0.2, 0.25) is 0 Å². The van der Waals surface area contributed by atoms with Crippen molar-refractivity contribution in [2.24, 2.45) is 17.4 Å². The van der Waals surface area contributed by atoms with Crippen LogP contribution in [0, 0.1) is 5.92 Å². The van der Waals surface area contributed by atoms with Crippen LogP contribution in [0.25, 0.3) is 0 Å². The van der Waals surface area contributed by atoms with Crippen LogP contribution in [0.1, 0.15) is 93.4 Å². The summed E-state index contributed by atoms with van der Waals surface area (Å²) in [6, 6.07) is 22.6. The number of carbonyl (C=O) groups is 5. The molecule has 0 aromatic heterocycles. The minimum absolute atomic E-state index is 0.0730. The first-order valence-electron chi connectivity index (χ1n) is 21.6. The van der Waals surface area contributed by atoms with E-state index in [1.165, 1.54) is 4.90 Å². The summed E-state index contributed by atoms with van der Waals surface area (Å²) >= 11 is 0. The second-order valence-electron chi connectivity index (χ2n) is 16.2. The molecule has 3 aromatic rings. The molecule has 0 radical (unpaired) electrons. The van der Waals surface area contributed by atoms with Crippen LogP contribution in [0.3, 0.4) is 0 Å². The highest BCUT2D eigenvalue weighted by molar-refractivity contribution is 6.06. The SMILES string of the molecule is CNC(C(=O)[C@H](Cc1ccccc1)N(C(=O)[C@H](N)CC1CCCCC1)C(=O)[C@@H]1CCCN1C(=O)[C@H](CCCCN)NC(=O)[C@H](Cc1ccccc1)NC)c1ccccc1.